The second-order valence-corrected chi connectivity index (χ2v) is 5.17. The lowest BCUT2D eigenvalue weighted by Crippen LogP contribution is -2.23. The molecule has 4 heteroatoms. The lowest BCUT2D eigenvalue weighted by Gasteiger charge is -2.22. The number of nitriles is 1. The molecule has 2 rings (SSSR count). The predicted octanol–water partition coefficient (Wildman–Crippen LogP) is 4.61. The van der Waals surface area contributed by atoms with Crippen molar-refractivity contribution < 1.29 is 4.42 Å². The number of hydrogen-bond donors (Lipinski definition) is 0. The van der Waals surface area contributed by atoms with Gasteiger partial charge >= 0.3 is 0 Å². The molecule has 1 heterocycles. The van der Waals surface area contributed by atoms with Crippen LogP contribution in [0.3, 0.4) is 0 Å². The van der Waals surface area contributed by atoms with Crippen LogP contribution in [0.4, 0.5) is 0 Å². The van der Waals surface area contributed by atoms with Crippen molar-refractivity contribution in [2.24, 2.45) is 0 Å². The third-order valence-electron chi connectivity index (χ3n) is 2.88. The molecule has 2 aromatic rings. The van der Waals surface area contributed by atoms with E-state index in [2.05, 4.69) is 6.07 Å². The highest BCUT2D eigenvalue weighted by molar-refractivity contribution is 6.35. The van der Waals surface area contributed by atoms with Crippen molar-refractivity contribution in [1.29, 1.82) is 5.26 Å². The smallest absolute Gasteiger partial charge is 0.105 e. The van der Waals surface area contributed by atoms with E-state index in [1.165, 1.54) is 0 Å². The summed E-state index contributed by atoms with van der Waals surface area (Å²) < 4.78 is 5.30. The Hall–Kier alpha value is -1.43. The first-order chi connectivity index (χ1) is 8.55. The number of hydrogen-bond acceptors (Lipinski definition) is 2. The summed E-state index contributed by atoms with van der Waals surface area (Å²) in [4.78, 5) is 0. The van der Waals surface area contributed by atoms with E-state index in [1.54, 1.807) is 30.5 Å². The lowest BCUT2D eigenvalue weighted by atomic mass is 9.80. The topological polar surface area (TPSA) is 36.9 Å². The van der Waals surface area contributed by atoms with Crippen molar-refractivity contribution in [3.63, 3.8) is 0 Å². The highest BCUT2D eigenvalue weighted by Gasteiger charge is 2.30. The van der Waals surface area contributed by atoms with Gasteiger partial charge in [0.25, 0.3) is 0 Å². The first kappa shape index (κ1) is 13.0. The third kappa shape index (κ3) is 2.53. The molecule has 0 spiro atoms. The van der Waals surface area contributed by atoms with Crippen LogP contribution in [0.15, 0.2) is 41.0 Å². The van der Waals surface area contributed by atoms with Gasteiger partial charge in [-0.3, -0.25) is 0 Å². The molecule has 0 amide bonds. The molecular formula is C14H11Cl2NO. The molecule has 92 valence electrons. The molecule has 0 bridgehead atoms. The predicted molar refractivity (Wildman–Crippen MR) is 71.8 cm³/mol. The van der Waals surface area contributed by atoms with Crippen LogP contribution in [0.5, 0.6) is 0 Å². The van der Waals surface area contributed by atoms with Crippen LogP contribution in [-0.4, -0.2) is 0 Å². The second-order valence-electron chi connectivity index (χ2n) is 4.32. The van der Waals surface area contributed by atoms with Gasteiger partial charge in [0.1, 0.15) is 5.76 Å². The summed E-state index contributed by atoms with van der Waals surface area (Å²) in [6.07, 6.45) is 2.06. The number of rotatable bonds is 3. The zero-order valence-corrected chi connectivity index (χ0v) is 11.3. The Balaban J connectivity index is 2.41. The van der Waals surface area contributed by atoms with Crippen LogP contribution < -0.4 is 0 Å². The quantitative estimate of drug-likeness (QED) is 0.823. The van der Waals surface area contributed by atoms with Gasteiger partial charge in [-0.15, -0.1) is 0 Å². The van der Waals surface area contributed by atoms with Crippen molar-refractivity contribution in [1.82, 2.24) is 0 Å². The normalized spacial score (nSPS) is 13.9. The van der Waals surface area contributed by atoms with Crippen molar-refractivity contribution in [2.75, 3.05) is 0 Å². The molecular weight excluding hydrogens is 269 g/mol. The Morgan fingerprint density at radius 3 is 2.67 bits per heavy atom. The summed E-state index contributed by atoms with van der Waals surface area (Å²) in [7, 11) is 0. The monoisotopic (exact) mass is 279 g/mol. The molecule has 1 atom stereocenters. The Labute approximate surface area is 116 Å². The summed E-state index contributed by atoms with van der Waals surface area (Å²) in [6, 6.07) is 11.1. The summed E-state index contributed by atoms with van der Waals surface area (Å²) in [5.41, 5.74) is 0.0203. The highest BCUT2D eigenvalue weighted by Crippen LogP contribution is 2.34. The maximum atomic E-state index is 9.45. The minimum absolute atomic E-state index is 0.470. The van der Waals surface area contributed by atoms with Gasteiger partial charge in [-0.1, -0.05) is 29.3 Å². The highest BCUT2D eigenvalue weighted by atomic mass is 35.5. The van der Waals surface area contributed by atoms with E-state index in [4.69, 9.17) is 27.6 Å². The fourth-order valence-electron chi connectivity index (χ4n) is 1.89. The van der Waals surface area contributed by atoms with E-state index in [0.717, 1.165) is 11.3 Å². The van der Waals surface area contributed by atoms with Crippen LogP contribution in [0.2, 0.25) is 10.0 Å². The van der Waals surface area contributed by atoms with Crippen LogP contribution in [0.25, 0.3) is 0 Å². The van der Waals surface area contributed by atoms with Crippen LogP contribution in [0, 0.1) is 11.3 Å². The van der Waals surface area contributed by atoms with Gasteiger partial charge in [0.15, 0.2) is 0 Å². The fourth-order valence-corrected chi connectivity index (χ4v) is 2.51. The largest absolute Gasteiger partial charge is 0.469 e. The van der Waals surface area contributed by atoms with Crippen LogP contribution in [-0.2, 0) is 11.8 Å². The standard InChI is InChI=1S/C14H11Cl2NO/c1-14(9-17,8-11-3-2-6-18-11)12-5-4-10(15)7-13(12)16/h2-7H,8H2,1H3. The molecule has 1 unspecified atom stereocenters. The number of furan rings is 1. The minimum Gasteiger partial charge on any atom is -0.469 e. The third-order valence-corrected chi connectivity index (χ3v) is 3.43. The maximum absolute atomic E-state index is 9.45. The van der Waals surface area contributed by atoms with E-state index in [9.17, 15) is 5.26 Å². The molecule has 0 saturated heterocycles. The second kappa shape index (κ2) is 5.06. The van der Waals surface area contributed by atoms with Gasteiger partial charge < -0.3 is 4.42 Å². The number of halogens is 2. The number of nitrogens with zero attached hydrogens (tertiary/aromatic N) is 1. The molecule has 0 aliphatic heterocycles. The SMILES string of the molecule is CC(C#N)(Cc1ccco1)c1ccc(Cl)cc1Cl. The summed E-state index contributed by atoms with van der Waals surface area (Å²) >= 11 is 12.0. The van der Waals surface area contributed by atoms with Gasteiger partial charge in [-0.2, -0.15) is 5.26 Å². The van der Waals surface area contributed by atoms with Crippen molar-refractivity contribution in [3.05, 3.63) is 58.0 Å². The molecule has 0 aliphatic carbocycles. The van der Waals surface area contributed by atoms with E-state index in [0.29, 0.717) is 16.5 Å². The summed E-state index contributed by atoms with van der Waals surface area (Å²) in [6.45, 7) is 1.84. The van der Waals surface area contributed by atoms with E-state index in [-0.39, 0.29) is 0 Å². The maximum Gasteiger partial charge on any atom is 0.105 e. The van der Waals surface area contributed by atoms with Crippen LogP contribution >= 0.6 is 23.2 Å². The van der Waals surface area contributed by atoms with Gasteiger partial charge in [0, 0.05) is 16.5 Å². The van der Waals surface area contributed by atoms with Gasteiger partial charge in [-0.05, 0) is 36.8 Å². The van der Waals surface area contributed by atoms with Crippen molar-refractivity contribution in [2.45, 2.75) is 18.8 Å². The van der Waals surface area contributed by atoms with E-state index in [1.807, 2.05) is 13.0 Å². The molecule has 0 aliphatic rings. The van der Waals surface area contributed by atoms with Gasteiger partial charge in [0.05, 0.1) is 17.7 Å². The van der Waals surface area contributed by atoms with Gasteiger partial charge in [0.2, 0.25) is 0 Å². The van der Waals surface area contributed by atoms with Gasteiger partial charge in [-0.25, -0.2) is 0 Å². The molecule has 0 radical (unpaired) electrons. The first-order valence-corrected chi connectivity index (χ1v) is 6.20. The molecule has 1 aromatic carbocycles. The fraction of sp³-hybridized carbons (Fsp3) is 0.214. The molecule has 1 aromatic heterocycles. The molecule has 0 N–H and O–H groups in total. The zero-order chi connectivity index (χ0) is 13.2. The average Bonchev–Trinajstić information content (AvgIpc) is 2.81. The van der Waals surface area contributed by atoms with E-state index < -0.39 is 5.41 Å². The Morgan fingerprint density at radius 1 is 1.33 bits per heavy atom. The molecule has 0 fully saturated rings. The molecule has 0 saturated carbocycles. The summed E-state index contributed by atoms with van der Waals surface area (Å²) in [5.74, 6) is 0.755. The van der Waals surface area contributed by atoms with Crippen molar-refractivity contribution >= 4 is 23.2 Å². The molecule has 2 nitrogen and oxygen atoms in total. The Kier molecular flexibility index (Phi) is 3.65. The summed E-state index contributed by atoms with van der Waals surface area (Å²) in [5, 5.41) is 10.5. The van der Waals surface area contributed by atoms with E-state index >= 15 is 0 Å². The number of benzene rings is 1. The minimum atomic E-state index is -0.737. The Morgan fingerprint density at radius 2 is 2.11 bits per heavy atom. The first-order valence-electron chi connectivity index (χ1n) is 5.44. The lowest BCUT2D eigenvalue weighted by molar-refractivity contribution is 0.462. The van der Waals surface area contributed by atoms with Crippen LogP contribution in [0.1, 0.15) is 18.2 Å². The Bertz CT molecular complexity index is 586. The van der Waals surface area contributed by atoms with Crippen molar-refractivity contribution in [3.8, 4) is 6.07 Å². The average molecular weight is 280 g/mol. The zero-order valence-electron chi connectivity index (χ0n) is 9.78. The molecule has 18 heavy (non-hydrogen) atoms.